The summed E-state index contributed by atoms with van der Waals surface area (Å²) in [5.41, 5.74) is 4.11. The third-order valence-electron chi connectivity index (χ3n) is 5.42. The number of rotatable bonds is 4. The zero-order chi connectivity index (χ0) is 19.4. The lowest BCUT2D eigenvalue weighted by Crippen LogP contribution is -2.38. The molecule has 0 unspecified atom stereocenters. The van der Waals surface area contributed by atoms with Crippen LogP contribution in [0.5, 0.6) is 0 Å². The molecule has 0 radical (unpaired) electrons. The van der Waals surface area contributed by atoms with Crippen molar-refractivity contribution in [3.05, 3.63) is 64.7 Å². The molecule has 0 aromatic heterocycles. The number of para-hydroxylation sites is 1. The maximum atomic E-state index is 12.8. The predicted molar refractivity (Wildman–Crippen MR) is 109 cm³/mol. The molecule has 2 amide bonds. The number of amides is 2. The number of carbonyl (C=O) groups is 2. The Morgan fingerprint density at radius 2 is 1.74 bits per heavy atom. The zero-order valence-corrected chi connectivity index (χ0v) is 16.4. The first kappa shape index (κ1) is 19.2. The van der Waals surface area contributed by atoms with E-state index in [-0.39, 0.29) is 11.8 Å². The molecular formula is C23H28N2O2. The summed E-state index contributed by atoms with van der Waals surface area (Å²) in [7, 11) is 0. The predicted octanol–water partition coefficient (Wildman–Crippen LogP) is 4.68. The Hall–Kier alpha value is -2.62. The minimum absolute atomic E-state index is 0.0155. The van der Waals surface area contributed by atoms with E-state index in [1.54, 1.807) is 24.3 Å². The van der Waals surface area contributed by atoms with Crippen LogP contribution in [0.3, 0.4) is 0 Å². The maximum Gasteiger partial charge on any atom is 0.255 e. The highest BCUT2D eigenvalue weighted by Gasteiger charge is 2.22. The van der Waals surface area contributed by atoms with Crippen LogP contribution in [0.2, 0.25) is 0 Å². The van der Waals surface area contributed by atoms with Gasteiger partial charge in [0.25, 0.3) is 11.8 Å². The van der Waals surface area contributed by atoms with Gasteiger partial charge in [-0.3, -0.25) is 9.59 Å². The zero-order valence-electron chi connectivity index (χ0n) is 16.4. The van der Waals surface area contributed by atoms with Crippen LogP contribution >= 0.6 is 0 Å². The van der Waals surface area contributed by atoms with Crippen LogP contribution in [0.1, 0.15) is 58.5 Å². The average molecular weight is 364 g/mol. The summed E-state index contributed by atoms with van der Waals surface area (Å²) in [5, 5.41) is 3.03. The van der Waals surface area contributed by atoms with Gasteiger partial charge in [0.15, 0.2) is 0 Å². The second-order valence-electron chi connectivity index (χ2n) is 7.47. The lowest BCUT2D eigenvalue weighted by molar-refractivity contribution is 0.0697. The second-order valence-corrected chi connectivity index (χ2v) is 7.47. The topological polar surface area (TPSA) is 49.4 Å². The number of nitrogens with one attached hydrogen (secondary N) is 1. The summed E-state index contributed by atoms with van der Waals surface area (Å²) in [6.07, 6.45) is 2.93. The summed E-state index contributed by atoms with van der Waals surface area (Å²) in [5.74, 6) is 0.510. The number of anilines is 1. The third-order valence-corrected chi connectivity index (χ3v) is 5.42. The monoisotopic (exact) mass is 364 g/mol. The number of benzene rings is 2. The first-order valence-corrected chi connectivity index (χ1v) is 9.78. The molecule has 4 nitrogen and oxygen atoms in total. The molecule has 1 aliphatic rings. The minimum atomic E-state index is -0.180. The molecule has 2 aromatic carbocycles. The van der Waals surface area contributed by atoms with Crippen molar-refractivity contribution in [1.29, 1.82) is 0 Å². The summed E-state index contributed by atoms with van der Waals surface area (Å²) in [6, 6.07) is 13.1. The maximum absolute atomic E-state index is 12.8. The van der Waals surface area contributed by atoms with Gasteiger partial charge in [-0.1, -0.05) is 38.1 Å². The van der Waals surface area contributed by atoms with E-state index in [1.165, 1.54) is 0 Å². The molecule has 0 aliphatic carbocycles. The van der Waals surface area contributed by atoms with Crippen molar-refractivity contribution in [1.82, 2.24) is 4.90 Å². The van der Waals surface area contributed by atoms with Gasteiger partial charge in [0.1, 0.15) is 0 Å². The molecule has 2 aromatic rings. The lowest BCUT2D eigenvalue weighted by Gasteiger charge is -2.30. The first-order valence-electron chi connectivity index (χ1n) is 9.78. The van der Waals surface area contributed by atoms with Crippen molar-refractivity contribution < 1.29 is 9.59 Å². The molecule has 4 heteroatoms. The Kier molecular flexibility index (Phi) is 5.94. The minimum Gasteiger partial charge on any atom is -0.339 e. The number of nitrogens with zero attached hydrogens (tertiary/aromatic N) is 1. The quantitative estimate of drug-likeness (QED) is 0.856. The molecule has 142 valence electrons. The summed E-state index contributed by atoms with van der Waals surface area (Å²) < 4.78 is 0. The highest BCUT2D eigenvalue weighted by Crippen LogP contribution is 2.23. The van der Waals surface area contributed by atoms with Crippen LogP contribution in [0.15, 0.2) is 42.5 Å². The highest BCUT2D eigenvalue weighted by molar-refractivity contribution is 6.06. The van der Waals surface area contributed by atoms with Crippen molar-refractivity contribution in [2.45, 2.75) is 40.0 Å². The molecule has 1 saturated heterocycles. The van der Waals surface area contributed by atoms with E-state index in [0.29, 0.717) is 17.0 Å². The fourth-order valence-electron chi connectivity index (χ4n) is 3.58. The Balaban J connectivity index is 1.77. The van der Waals surface area contributed by atoms with Gasteiger partial charge in [0, 0.05) is 29.9 Å². The Labute approximate surface area is 161 Å². The molecule has 3 rings (SSSR count). The van der Waals surface area contributed by atoms with Gasteiger partial charge in [-0.2, -0.15) is 0 Å². The number of carbonyl (C=O) groups excluding carboxylic acids is 2. The van der Waals surface area contributed by atoms with Crippen LogP contribution in [0.25, 0.3) is 0 Å². The average Bonchev–Trinajstić information content (AvgIpc) is 2.69. The van der Waals surface area contributed by atoms with Crippen molar-refractivity contribution in [3.8, 4) is 0 Å². The normalized spacial score (nSPS) is 14.9. The smallest absolute Gasteiger partial charge is 0.255 e. The van der Waals surface area contributed by atoms with E-state index in [9.17, 15) is 9.59 Å². The van der Waals surface area contributed by atoms with E-state index >= 15 is 0 Å². The number of hydrogen-bond donors (Lipinski definition) is 1. The molecule has 0 spiro atoms. The van der Waals surface area contributed by atoms with Gasteiger partial charge < -0.3 is 10.2 Å². The Morgan fingerprint density at radius 1 is 1.07 bits per heavy atom. The van der Waals surface area contributed by atoms with Crippen LogP contribution in [0.4, 0.5) is 5.69 Å². The Bertz CT molecular complexity index is 836. The number of likely N-dealkylation sites (tertiary alicyclic amines) is 1. The van der Waals surface area contributed by atoms with Crippen LogP contribution < -0.4 is 5.32 Å². The van der Waals surface area contributed by atoms with Crippen LogP contribution in [-0.2, 0) is 6.42 Å². The summed E-state index contributed by atoms with van der Waals surface area (Å²) >= 11 is 0. The van der Waals surface area contributed by atoms with Gasteiger partial charge in [0.05, 0.1) is 0 Å². The molecule has 1 heterocycles. The van der Waals surface area contributed by atoms with Gasteiger partial charge >= 0.3 is 0 Å². The molecule has 27 heavy (non-hydrogen) atoms. The van der Waals surface area contributed by atoms with Gasteiger partial charge in [-0.25, -0.2) is 0 Å². The van der Waals surface area contributed by atoms with Crippen LogP contribution in [-0.4, -0.2) is 29.8 Å². The third kappa shape index (κ3) is 4.38. The van der Waals surface area contributed by atoms with Gasteiger partial charge in [-0.15, -0.1) is 0 Å². The van der Waals surface area contributed by atoms with Crippen molar-refractivity contribution in [2.75, 3.05) is 18.4 Å². The van der Waals surface area contributed by atoms with Crippen molar-refractivity contribution in [3.63, 3.8) is 0 Å². The van der Waals surface area contributed by atoms with Crippen molar-refractivity contribution >= 4 is 17.5 Å². The molecular weight excluding hydrogens is 336 g/mol. The second kappa shape index (κ2) is 8.38. The molecule has 0 saturated carbocycles. The lowest BCUT2D eigenvalue weighted by atomic mass is 9.98. The molecule has 0 atom stereocenters. The van der Waals surface area contributed by atoms with E-state index < -0.39 is 0 Å². The molecule has 1 fully saturated rings. The number of piperidine rings is 1. The van der Waals surface area contributed by atoms with E-state index in [1.807, 2.05) is 30.0 Å². The van der Waals surface area contributed by atoms with Crippen LogP contribution in [0, 0.1) is 12.8 Å². The standard InChI is InChI=1S/C23H28N2O2/c1-4-18-8-5-7-17(3)21(18)24-22(26)19-9-6-10-20(15-19)23(27)25-13-11-16(2)12-14-25/h5-10,15-16H,4,11-14H2,1-3H3,(H,24,26). The van der Waals surface area contributed by atoms with E-state index in [0.717, 1.165) is 49.2 Å². The molecule has 1 aliphatic heterocycles. The SMILES string of the molecule is CCc1cccc(C)c1NC(=O)c1cccc(C(=O)N2CCC(C)CC2)c1. The fourth-order valence-corrected chi connectivity index (χ4v) is 3.58. The Morgan fingerprint density at radius 3 is 2.44 bits per heavy atom. The summed E-state index contributed by atoms with van der Waals surface area (Å²) in [6.45, 7) is 7.87. The van der Waals surface area contributed by atoms with Gasteiger partial charge in [0.2, 0.25) is 0 Å². The van der Waals surface area contributed by atoms with E-state index in [4.69, 9.17) is 0 Å². The number of aryl methyl sites for hydroxylation is 2. The first-order chi connectivity index (χ1) is 13.0. The molecule has 1 N–H and O–H groups in total. The molecule has 0 bridgehead atoms. The highest BCUT2D eigenvalue weighted by atomic mass is 16.2. The van der Waals surface area contributed by atoms with E-state index in [2.05, 4.69) is 19.2 Å². The fraction of sp³-hybridized carbons (Fsp3) is 0.391. The van der Waals surface area contributed by atoms with Crippen molar-refractivity contribution in [2.24, 2.45) is 5.92 Å². The largest absolute Gasteiger partial charge is 0.339 e. The summed E-state index contributed by atoms with van der Waals surface area (Å²) in [4.78, 5) is 27.5. The van der Waals surface area contributed by atoms with Gasteiger partial charge in [-0.05, 0) is 61.4 Å². The number of hydrogen-bond acceptors (Lipinski definition) is 2.